The lowest BCUT2D eigenvalue weighted by Gasteiger charge is -2.10. The zero-order chi connectivity index (χ0) is 18.5. The van der Waals surface area contributed by atoms with Crippen molar-refractivity contribution in [1.82, 2.24) is 15.1 Å². The number of nitriles is 1. The summed E-state index contributed by atoms with van der Waals surface area (Å²) in [6.07, 6.45) is -1.31. The number of amides is 1. The summed E-state index contributed by atoms with van der Waals surface area (Å²) < 4.78 is 6.85. The van der Waals surface area contributed by atoms with E-state index < -0.39 is 6.09 Å². The Morgan fingerprint density at radius 1 is 1.23 bits per heavy atom. The van der Waals surface area contributed by atoms with Crippen molar-refractivity contribution in [3.05, 3.63) is 65.9 Å². The average Bonchev–Trinajstić information content (AvgIpc) is 3.11. The molecule has 3 rings (SSSR count). The van der Waals surface area contributed by atoms with Gasteiger partial charge in [-0.25, -0.2) is 4.68 Å². The van der Waals surface area contributed by atoms with E-state index in [9.17, 15) is 15.2 Å². The molecule has 1 N–H and O–H groups in total. The molecule has 0 saturated heterocycles. The summed E-state index contributed by atoms with van der Waals surface area (Å²) in [5.74, 6) is 0.729. The van der Waals surface area contributed by atoms with Crippen LogP contribution in [0.15, 0.2) is 54.6 Å². The lowest BCUT2D eigenvalue weighted by Crippen LogP contribution is -2.35. The highest BCUT2D eigenvalue weighted by Gasteiger charge is 2.12. The lowest BCUT2D eigenvalue weighted by atomic mass is 10.1. The number of nitrogens with one attached hydrogen (secondary N) is 1. The number of ether oxygens (including phenoxy) is 1. The highest BCUT2D eigenvalue weighted by atomic mass is 16.5. The van der Waals surface area contributed by atoms with Gasteiger partial charge in [-0.3, -0.25) is 0 Å². The van der Waals surface area contributed by atoms with Crippen LogP contribution in [0.5, 0.6) is 5.75 Å². The van der Waals surface area contributed by atoms with Crippen molar-refractivity contribution in [3.8, 4) is 28.8 Å². The minimum atomic E-state index is -1.31. The minimum Gasteiger partial charge on any atom is -0.530 e. The molecule has 7 heteroatoms. The Balaban J connectivity index is 1.95. The van der Waals surface area contributed by atoms with Crippen LogP contribution in [0.2, 0.25) is 0 Å². The third-order valence-corrected chi connectivity index (χ3v) is 3.83. The first-order chi connectivity index (χ1) is 12.6. The second-order valence-electron chi connectivity index (χ2n) is 5.47. The van der Waals surface area contributed by atoms with E-state index in [0.29, 0.717) is 5.69 Å². The molecule has 0 spiro atoms. The molecule has 0 saturated carbocycles. The first-order valence-corrected chi connectivity index (χ1v) is 7.79. The summed E-state index contributed by atoms with van der Waals surface area (Å²) in [4.78, 5) is 10.5. The van der Waals surface area contributed by atoms with Crippen molar-refractivity contribution in [2.24, 2.45) is 0 Å². The summed E-state index contributed by atoms with van der Waals surface area (Å²) >= 11 is 0. The standard InChI is InChI=1S/C19H16N4O3/c1-26-17-8-6-16(7-9-17)23-18(10-15(11-20)22-23)14-4-2-13(3-5-14)12-21-19(24)25/h2-10,21H,12H2,1H3,(H,24,25)/p-1. The molecular formula is C19H15N4O3-. The van der Waals surface area contributed by atoms with E-state index in [1.54, 1.807) is 17.9 Å². The minimum absolute atomic E-state index is 0.170. The highest BCUT2D eigenvalue weighted by Crippen LogP contribution is 2.25. The van der Waals surface area contributed by atoms with E-state index in [-0.39, 0.29) is 6.54 Å². The molecule has 0 aliphatic heterocycles. The van der Waals surface area contributed by atoms with Gasteiger partial charge in [-0.1, -0.05) is 24.3 Å². The zero-order valence-corrected chi connectivity index (χ0v) is 14.0. The normalized spacial score (nSPS) is 10.2. The zero-order valence-electron chi connectivity index (χ0n) is 14.0. The Kier molecular flexibility index (Phi) is 4.85. The molecule has 0 fully saturated rings. The predicted octanol–water partition coefficient (Wildman–Crippen LogP) is 1.85. The predicted molar refractivity (Wildman–Crippen MR) is 92.5 cm³/mol. The molecule has 0 unspecified atom stereocenters. The van der Waals surface area contributed by atoms with Crippen LogP contribution in [-0.2, 0) is 6.54 Å². The SMILES string of the molecule is COc1ccc(-n2nc(C#N)cc2-c2ccc(CNC(=O)[O-])cc2)cc1. The van der Waals surface area contributed by atoms with Crippen molar-refractivity contribution < 1.29 is 14.6 Å². The average molecular weight is 347 g/mol. The molecule has 1 aromatic heterocycles. The number of rotatable bonds is 5. The fourth-order valence-electron chi connectivity index (χ4n) is 2.53. The molecule has 3 aromatic rings. The van der Waals surface area contributed by atoms with Gasteiger partial charge in [0, 0.05) is 18.2 Å². The van der Waals surface area contributed by atoms with Crippen LogP contribution in [0.1, 0.15) is 11.3 Å². The molecule has 0 atom stereocenters. The molecule has 1 heterocycles. The maximum atomic E-state index is 10.5. The van der Waals surface area contributed by atoms with Crippen LogP contribution in [0.3, 0.4) is 0 Å². The first-order valence-electron chi connectivity index (χ1n) is 7.79. The van der Waals surface area contributed by atoms with Gasteiger partial charge in [0.25, 0.3) is 0 Å². The van der Waals surface area contributed by atoms with Gasteiger partial charge >= 0.3 is 0 Å². The van der Waals surface area contributed by atoms with Crippen LogP contribution in [0.4, 0.5) is 4.79 Å². The molecule has 0 radical (unpaired) electrons. The molecule has 0 aliphatic carbocycles. The maximum absolute atomic E-state index is 10.5. The molecule has 0 bridgehead atoms. The number of hydrogen-bond acceptors (Lipinski definition) is 5. The smallest absolute Gasteiger partial charge is 0.163 e. The monoisotopic (exact) mass is 347 g/mol. The van der Waals surface area contributed by atoms with Gasteiger partial charge in [0.15, 0.2) is 5.69 Å². The number of aromatic nitrogens is 2. The van der Waals surface area contributed by atoms with Gasteiger partial charge in [-0.15, -0.1) is 0 Å². The Hall–Kier alpha value is -3.79. The van der Waals surface area contributed by atoms with E-state index >= 15 is 0 Å². The first kappa shape index (κ1) is 17.0. The molecule has 2 aromatic carbocycles. The number of carbonyl (C=O) groups is 1. The maximum Gasteiger partial charge on any atom is 0.163 e. The fourth-order valence-corrected chi connectivity index (χ4v) is 2.53. The summed E-state index contributed by atoms with van der Waals surface area (Å²) in [7, 11) is 1.60. The molecule has 0 aliphatic rings. The lowest BCUT2D eigenvalue weighted by molar-refractivity contribution is -0.251. The van der Waals surface area contributed by atoms with Gasteiger partial charge in [0.05, 0.1) is 18.5 Å². The van der Waals surface area contributed by atoms with E-state index in [2.05, 4.69) is 16.5 Å². The van der Waals surface area contributed by atoms with Crippen molar-refractivity contribution in [2.45, 2.75) is 6.54 Å². The Labute approximate surface area is 150 Å². The number of benzene rings is 2. The molecule has 7 nitrogen and oxygen atoms in total. The summed E-state index contributed by atoms with van der Waals surface area (Å²) in [5, 5.41) is 26.2. The van der Waals surface area contributed by atoms with Gasteiger partial charge in [0.2, 0.25) is 0 Å². The van der Waals surface area contributed by atoms with Crippen molar-refractivity contribution in [3.63, 3.8) is 0 Å². The Bertz CT molecular complexity index is 954. The topological polar surface area (TPSA) is 103 Å². The molecule has 1 amide bonds. The summed E-state index contributed by atoms with van der Waals surface area (Å²) in [6, 6.07) is 18.4. The summed E-state index contributed by atoms with van der Waals surface area (Å²) in [6.45, 7) is 0.170. The van der Waals surface area contributed by atoms with Crippen molar-refractivity contribution in [2.75, 3.05) is 7.11 Å². The van der Waals surface area contributed by atoms with Crippen LogP contribution >= 0.6 is 0 Å². The highest BCUT2D eigenvalue weighted by molar-refractivity contribution is 5.65. The van der Waals surface area contributed by atoms with Crippen LogP contribution in [0, 0.1) is 11.3 Å². The summed E-state index contributed by atoms with van der Waals surface area (Å²) in [5.41, 5.74) is 3.51. The van der Waals surface area contributed by atoms with Crippen LogP contribution in [-0.4, -0.2) is 23.0 Å². The Morgan fingerprint density at radius 3 is 2.50 bits per heavy atom. The van der Waals surface area contributed by atoms with Crippen LogP contribution < -0.4 is 15.2 Å². The number of carbonyl (C=O) groups excluding carboxylic acids is 1. The van der Waals surface area contributed by atoms with E-state index in [1.807, 2.05) is 48.5 Å². The Morgan fingerprint density at radius 2 is 1.92 bits per heavy atom. The van der Waals surface area contributed by atoms with E-state index in [0.717, 1.165) is 28.3 Å². The van der Waals surface area contributed by atoms with Crippen LogP contribution in [0.25, 0.3) is 16.9 Å². The molecular weight excluding hydrogens is 332 g/mol. The van der Waals surface area contributed by atoms with Gasteiger partial charge < -0.3 is 20.0 Å². The molecule has 26 heavy (non-hydrogen) atoms. The van der Waals surface area contributed by atoms with Gasteiger partial charge in [0.1, 0.15) is 17.9 Å². The third-order valence-electron chi connectivity index (χ3n) is 3.83. The van der Waals surface area contributed by atoms with Crippen molar-refractivity contribution in [1.29, 1.82) is 5.26 Å². The van der Waals surface area contributed by atoms with Crippen molar-refractivity contribution >= 4 is 6.09 Å². The second-order valence-corrected chi connectivity index (χ2v) is 5.47. The largest absolute Gasteiger partial charge is 0.530 e. The number of methoxy groups -OCH3 is 1. The van der Waals surface area contributed by atoms with Gasteiger partial charge in [-0.2, -0.15) is 10.4 Å². The van der Waals surface area contributed by atoms with E-state index in [1.165, 1.54) is 0 Å². The number of hydrogen-bond donors (Lipinski definition) is 1. The fraction of sp³-hybridized carbons (Fsp3) is 0.105. The third kappa shape index (κ3) is 3.65. The quantitative estimate of drug-likeness (QED) is 0.759. The molecule has 130 valence electrons. The van der Waals surface area contributed by atoms with E-state index in [4.69, 9.17) is 4.74 Å². The second kappa shape index (κ2) is 7.40. The number of nitrogens with zero attached hydrogens (tertiary/aromatic N) is 3. The number of carboxylic acid groups (broad SMARTS) is 1. The van der Waals surface area contributed by atoms with Gasteiger partial charge in [-0.05, 0) is 29.8 Å².